The highest BCUT2D eigenvalue weighted by Gasteiger charge is 2.32. The van der Waals surface area contributed by atoms with E-state index in [0.717, 1.165) is 5.57 Å². The molecule has 0 unspecified atom stereocenters. The maximum atomic E-state index is 12.5. The average molecular weight is 314 g/mol. The molecule has 1 amide bonds. The van der Waals surface area contributed by atoms with Gasteiger partial charge >= 0.3 is 12.5 Å². The molecule has 1 aromatic carbocycles. The molecule has 22 heavy (non-hydrogen) atoms. The molecule has 0 aromatic heterocycles. The number of benzene rings is 1. The fourth-order valence-corrected chi connectivity index (χ4v) is 1.82. The smallest absolute Gasteiger partial charge is 0.442 e. The third-order valence-corrected chi connectivity index (χ3v) is 2.64. The number of ether oxygens (including phenoxy) is 2. The number of alkyl halides is 3. The molecule has 1 heterocycles. The molecule has 1 N–H and O–H groups in total. The minimum atomic E-state index is -4.80. The van der Waals surface area contributed by atoms with Crippen molar-refractivity contribution >= 4 is 17.9 Å². The van der Waals surface area contributed by atoms with Crippen molar-refractivity contribution in [3.8, 4) is 5.75 Å². The SMILES string of the molecule is CC(C)=Cc1ccc(C2=NNC(=O)OC2)cc1OC(F)(F)F. The molecule has 0 atom stereocenters. The molecule has 0 saturated carbocycles. The van der Waals surface area contributed by atoms with Gasteiger partial charge in [0.15, 0.2) is 0 Å². The zero-order valence-electron chi connectivity index (χ0n) is 11.8. The van der Waals surface area contributed by atoms with E-state index in [1.807, 2.05) is 0 Å². The van der Waals surface area contributed by atoms with Crippen LogP contribution in [0, 0.1) is 0 Å². The third-order valence-electron chi connectivity index (χ3n) is 2.64. The van der Waals surface area contributed by atoms with Gasteiger partial charge < -0.3 is 9.47 Å². The van der Waals surface area contributed by atoms with Crippen LogP contribution in [0.3, 0.4) is 0 Å². The Balaban J connectivity index is 2.40. The van der Waals surface area contributed by atoms with Crippen molar-refractivity contribution in [2.75, 3.05) is 6.61 Å². The van der Waals surface area contributed by atoms with E-state index in [9.17, 15) is 18.0 Å². The summed E-state index contributed by atoms with van der Waals surface area (Å²) in [7, 11) is 0. The summed E-state index contributed by atoms with van der Waals surface area (Å²) in [6.45, 7) is 3.40. The standard InChI is InChI=1S/C14H13F3N2O3/c1-8(2)5-10-4-3-9(6-12(10)22-14(15,16)17)11-7-21-13(20)19-18-11/h3-6H,7H2,1-2H3,(H,19,20). The summed E-state index contributed by atoms with van der Waals surface area (Å²) in [5, 5.41) is 3.75. The minimum absolute atomic E-state index is 0.126. The average Bonchev–Trinajstić information content (AvgIpc) is 2.39. The first-order valence-corrected chi connectivity index (χ1v) is 6.29. The molecular formula is C14H13F3N2O3. The summed E-state index contributed by atoms with van der Waals surface area (Å²) in [6.07, 6.45) is -3.94. The van der Waals surface area contributed by atoms with Gasteiger partial charge in [-0.05, 0) is 19.9 Å². The van der Waals surface area contributed by atoms with E-state index in [2.05, 4.69) is 15.3 Å². The van der Waals surface area contributed by atoms with Gasteiger partial charge in [-0.2, -0.15) is 5.10 Å². The van der Waals surface area contributed by atoms with Gasteiger partial charge in [0.05, 0.1) is 0 Å². The molecule has 0 aliphatic carbocycles. The second kappa shape index (κ2) is 6.08. The van der Waals surface area contributed by atoms with Crippen molar-refractivity contribution in [3.63, 3.8) is 0 Å². The van der Waals surface area contributed by atoms with E-state index in [0.29, 0.717) is 16.8 Å². The Morgan fingerprint density at radius 2 is 2.14 bits per heavy atom. The lowest BCUT2D eigenvalue weighted by molar-refractivity contribution is -0.274. The predicted molar refractivity (Wildman–Crippen MR) is 73.5 cm³/mol. The Morgan fingerprint density at radius 3 is 2.68 bits per heavy atom. The number of hydrazone groups is 1. The van der Waals surface area contributed by atoms with Crippen molar-refractivity contribution in [1.82, 2.24) is 5.43 Å². The van der Waals surface area contributed by atoms with Crippen LogP contribution in [-0.2, 0) is 4.74 Å². The van der Waals surface area contributed by atoms with Crippen molar-refractivity contribution in [2.24, 2.45) is 5.10 Å². The number of cyclic esters (lactones) is 1. The van der Waals surface area contributed by atoms with Gasteiger partial charge in [-0.1, -0.05) is 23.8 Å². The maximum absolute atomic E-state index is 12.5. The van der Waals surface area contributed by atoms with Crippen LogP contribution in [-0.4, -0.2) is 24.8 Å². The van der Waals surface area contributed by atoms with Crippen LogP contribution in [0.4, 0.5) is 18.0 Å². The summed E-state index contributed by atoms with van der Waals surface area (Å²) >= 11 is 0. The number of amides is 1. The number of allylic oxidation sites excluding steroid dienone is 1. The largest absolute Gasteiger partial charge is 0.573 e. The van der Waals surface area contributed by atoms with Crippen molar-refractivity contribution in [3.05, 3.63) is 34.9 Å². The summed E-state index contributed by atoms with van der Waals surface area (Å²) < 4.78 is 46.4. The van der Waals surface area contributed by atoms with E-state index < -0.39 is 12.5 Å². The van der Waals surface area contributed by atoms with Crippen LogP contribution in [0.2, 0.25) is 0 Å². The van der Waals surface area contributed by atoms with Gasteiger partial charge in [0.25, 0.3) is 0 Å². The number of carbonyl (C=O) groups is 1. The second-order valence-corrected chi connectivity index (χ2v) is 4.77. The molecule has 0 radical (unpaired) electrons. The van der Waals surface area contributed by atoms with Crippen LogP contribution in [0.5, 0.6) is 5.75 Å². The lowest BCUT2D eigenvalue weighted by atomic mass is 10.0. The number of nitrogens with one attached hydrogen (secondary N) is 1. The molecule has 8 heteroatoms. The van der Waals surface area contributed by atoms with Gasteiger partial charge in [0.2, 0.25) is 0 Å². The highest BCUT2D eigenvalue weighted by atomic mass is 19.4. The summed E-state index contributed by atoms with van der Waals surface area (Å²) in [5.74, 6) is -0.342. The fraction of sp³-hybridized carbons (Fsp3) is 0.286. The van der Waals surface area contributed by atoms with E-state index in [4.69, 9.17) is 4.74 Å². The lowest BCUT2D eigenvalue weighted by Gasteiger charge is -2.16. The molecule has 0 fully saturated rings. The molecule has 5 nitrogen and oxygen atoms in total. The monoisotopic (exact) mass is 314 g/mol. The van der Waals surface area contributed by atoms with Crippen LogP contribution in [0.25, 0.3) is 6.08 Å². The number of carbonyl (C=O) groups excluding carboxylic acids is 1. The van der Waals surface area contributed by atoms with Crippen LogP contribution >= 0.6 is 0 Å². The van der Waals surface area contributed by atoms with E-state index >= 15 is 0 Å². The van der Waals surface area contributed by atoms with Gasteiger partial charge in [-0.3, -0.25) is 0 Å². The fourth-order valence-electron chi connectivity index (χ4n) is 1.82. The zero-order chi connectivity index (χ0) is 16.3. The van der Waals surface area contributed by atoms with Gasteiger partial charge in [-0.15, -0.1) is 13.2 Å². The molecule has 0 spiro atoms. The van der Waals surface area contributed by atoms with Crippen LogP contribution in [0.15, 0.2) is 28.9 Å². The molecule has 1 aromatic rings. The zero-order valence-corrected chi connectivity index (χ0v) is 11.8. The normalized spacial score (nSPS) is 14.6. The van der Waals surface area contributed by atoms with Crippen molar-refractivity contribution in [2.45, 2.75) is 20.2 Å². The first-order valence-electron chi connectivity index (χ1n) is 6.29. The lowest BCUT2D eigenvalue weighted by Crippen LogP contribution is -2.30. The Bertz CT molecular complexity index is 647. The molecule has 2 rings (SSSR count). The highest BCUT2D eigenvalue weighted by Crippen LogP contribution is 2.29. The molecule has 0 bridgehead atoms. The molecule has 1 aliphatic heterocycles. The molecule has 0 saturated heterocycles. The predicted octanol–water partition coefficient (Wildman–Crippen LogP) is 3.45. The van der Waals surface area contributed by atoms with Gasteiger partial charge in [-0.25, -0.2) is 10.2 Å². The Labute approximate surface area is 124 Å². The van der Waals surface area contributed by atoms with Gasteiger partial charge in [0, 0.05) is 11.1 Å². The summed E-state index contributed by atoms with van der Waals surface area (Å²) in [5.41, 5.74) is 3.88. The number of rotatable bonds is 3. The Morgan fingerprint density at radius 1 is 1.41 bits per heavy atom. The molecule has 1 aliphatic rings. The second-order valence-electron chi connectivity index (χ2n) is 4.77. The summed E-state index contributed by atoms with van der Waals surface area (Å²) in [4.78, 5) is 10.8. The highest BCUT2D eigenvalue weighted by molar-refractivity contribution is 6.04. The van der Waals surface area contributed by atoms with Crippen molar-refractivity contribution in [1.29, 1.82) is 0 Å². The number of nitrogens with zero attached hydrogens (tertiary/aromatic N) is 1. The molecular weight excluding hydrogens is 301 g/mol. The van der Waals surface area contributed by atoms with E-state index in [1.54, 1.807) is 26.0 Å². The van der Waals surface area contributed by atoms with Crippen LogP contribution in [0.1, 0.15) is 25.0 Å². The quantitative estimate of drug-likeness (QED) is 0.929. The van der Waals surface area contributed by atoms with Crippen LogP contribution < -0.4 is 10.2 Å². The third kappa shape index (κ3) is 4.24. The first kappa shape index (κ1) is 15.9. The topological polar surface area (TPSA) is 59.9 Å². The van der Waals surface area contributed by atoms with Gasteiger partial charge in [0.1, 0.15) is 18.1 Å². The van der Waals surface area contributed by atoms with E-state index in [1.165, 1.54) is 12.1 Å². The number of hydrogen-bond donors (Lipinski definition) is 1. The molecule has 118 valence electrons. The number of halogens is 3. The van der Waals surface area contributed by atoms with Crippen molar-refractivity contribution < 1.29 is 27.4 Å². The minimum Gasteiger partial charge on any atom is -0.442 e. The first-order chi connectivity index (χ1) is 10.2. The Hall–Kier alpha value is -2.51. The number of hydrogen-bond acceptors (Lipinski definition) is 4. The Kier molecular flexibility index (Phi) is 4.39. The summed E-state index contributed by atoms with van der Waals surface area (Å²) in [6, 6.07) is 4.28. The van der Waals surface area contributed by atoms with E-state index in [-0.39, 0.29) is 12.4 Å². The maximum Gasteiger partial charge on any atom is 0.573 e.